The van der Waals surface area contributed by atoms with Gasteiger partial charge in [-0.1, -0.05) is 23.7 Å². The van der Waals surface area contributed by atoms with Crippen molar-refractivity contribution >= 4 is 28.4 Å². The van der Waals surface area contributed by atoms with E-state index >= 15 is 0 Å². The topological polar surface area (TPSA) is 65.7 Å². The van der Waals surface area contributed by atoms with Crippen molar-refractivity contribution in [3.8, 4) is 11.5 Å². The first-order valence-corrected chi connectivity index (χ1v) is 8.17. The number of hydrogen-bond acceptors (Lipinski definition) is 5. The van der Waals surface area contributed by atoms with Gasteiger partial charge in [-0.25, -0.2) is 4.79 Å². The van der Waals surface area contributed by atoms with Crippen LogP contribution >= 0.6 is 11.6 Å². The number of ketones is 1. The first kappa shape index (κ1) is 18.8. The van der Waals surface area contributed by atoms with Gasteiger partial charge in [-0.05, 0) is 30.7 Å². The molecular weight excluding hydrogens is 382 g/mol. The predicted molar refractivity (Wildman–Crippen MR) is 95.1 cm³/mol. The lowest BCUT2D eigenvalue weighted by Gasteiger charge is -2.12. The van der Waals surface area contributed by atoms with Crippen LogP contribution in [0.1, 0.15) is 15.9 Å². The third-order valence-corrected chi connectivity index (χ3v) is 4.06. The Morgan fingerprint density at radius 3 is 2.67 bits per heavy atom. The molecule has 0 fully saturated rings. The molecule has 2 aromatic carbocycles. The molecule has 0 saturated carbocycles. The van der Waals surface area contributed by atoms with E-state index < -0.39 is 24.6 Å². The highest BCUT2D eigenvalue weighted by Gasteiger charge is 2.17. The third-order valence-electron chi connectivity index (χ3n) is 3.77. The summed E-state index contributed by atoms with van der Waals surface area (Å²) in [4.78, 5) is 23.8. The van der Waals surface area contributed by atoms with Gasteiger partial charge >= 0.3 is 12.2 Å². The molecule has 0 bridgehead atoms. The fourth-order valence-corrected chi connectivity index (χ4v) is 2.77. The Kier molecular flexibility index (Phi) is 5.41. The molecule has 140 valence electrons. The van der Waals surface area contributed by atoms with Gasteiger partial charge in [-0.3, -0.25) is 4.79 Å². The molecule has 0 spiro atoms. The number of rotatable bonds is 6. The van der Waals surface area contributed by atoms with Crippen LogP contribution < -0.4 is 15.1 Å². The first-order valence-electron chi connectivity index (χ1n) is 7.79. The summed E-state index contributed by atoms with van der Waals surface area (Å²) in [6.07, 6.45) is 0. The minimum absolute atomic E-state index is 0.0444. The van der Waals surface area contributed by atoms with Crippen molar-refractivity contribution in [2.24, 2.45) is 0 Å². The number of ether oxygens (including phenoxy) is 2. The zero-order chi connectivity index (χ0) is 19.6. The molecule has 0 amide bonds. The van der Waals surface area contributed by atoms with Gasteiger partial charge in [0.2, 0.25) is 5.78 Å². The Bertz CT molecular complexity index is 1060. The van der Waals surface area contributed by atoms with Crippen LogP contribution in [0, 0.1) is 6.92 Å². The number of fused-ring (bicyclic) bond motifs is 1. The van der Waals surface area contributed by atoms with Crippen molar-refractivity contribution < 1.29 is 27.5 Å². The summed E-state index contributed by atoms with van der Waals surface area (Å²) in [5, 5.41) is 0.846. The second kappa shape index (κ2) is 7.75. The maximum Gasteiger partial charge on any atom is 0.387 e. The van der Waals surface area contributed by atoms with Crippen molar-refractivity contribution in [2.45, 2.75) is 13.5 Å². The van der Waals surface area contributed by atoms with E-state index in [1.54, 1.807) is 13.0 Å². The molecular formula is C19H13ClF2O5. The van der Waals surface area contributed by atoms with Crippen LogP contribution in [0.4, 0.5) is 8.78 Å². The Hall–Kier alpha value is -2.93. The van der Waals surface area contributed by atoms with Gasteiger partial charge < -0.3 is 13.9 Å². The Morgan fingerprint density at radius 1 is 1.19 bits per heavy atom. The molecule has 0 unspecified atom stereocenters. The molecule has 5 nitrogen and oxygen atoms in total. The first-order chi connectivity index (χ1) is 12.8. The average Bonchev–Trinajstić information content (AvgIpc) is 2.60. The molecule has 0 aliphatic heterocycles. The second-order valence-corrected chi connectivity index (χ2v) is 6.02. The molecule has 27 heavy (non-hydrogen) atoms. The van der Waals surface area contributed by atoms with E-state index in [0.29, 0.717) is 10.9 Å². The molecule has 0 N–H and O–H groups in total. The van der Waals surface area contributed by atoms with Crippen LogP contribution in [-0.4, -0.2) is 19.0 Å². The quantitative estimate of drug-likeness (QED) is 0.451. The molecule has 1 aromatic heterocycles. The van der Waals surface area contributed by atoms with Crippen molar-refractivity contribution in [3.05, 3.63) is 69.0 Å². The van der Waals surface area contributed by atoms with E-state index in [2.05, 4.69) is 4.74 Å². The van der Waals surface area contributed by atoms with Crippen molar-refractivity contribution in [1.29, 1.82) is 0 Å². The van der Waals surface area contributed by atoms with Gasteiger partial charge in [-0.2, -0.15) is 8.78 Å². The standard InChI is InChI=1S/C19H13ClF2O5/c1-10-6-18(24)26-16-8-17(13(20)7-12(10)16)25-9-14(23)11-4-2-3-5-15(11)27-19(21)22/h2-8,19H,9H2,1H3. The molecule has 0 aliphatic carbocycles. The summed E-state index contributed by atoms with van der Waals surface area (Å²) in [7, 11) is 0. The van der Waals surface area contributed by atoms with Gasteiger partial charge in [0.05, 0.1) is 10.6 Å². The van der Waals surface area contributed by atoms with E-state index in [0.717, 1.165) is 0 Å². The Balaban J connectivity index is 1.84. The van der Waals surface area contributed by atoms with Crippen LogP contribution in [0.25, 0.3) is 11.0 Å². The molecule has 0 radical (unpaired) electrons. The number of alkyl halides is 2. The summed E-state index contributed by atoms with van der Waals surface area (Å²) in [6.45, 7) is -1.79. The molecule has 3 aromatic rings. The van der Waals surface area contributed by atoms with E-state index in [9.17, 15) is 18.4 Å². The monoisotopic (exact) mass is 394 g/mol. The van der Waals surface area contributed by atoms with E-state index in [1.807, 2.05) is 0 Å². The highest BCUT2D eigenvalue weighted by atomic mass is 35.5. The van der Waals surface area contributed by atoms with Gasteiger partial charge in [0, 0.05) is 17.5 Å². The lowest BCUT2D eigenvalue weighted by atomic mass is 10.1. The van der Waals surface area contributed by atoms with Crippen molar-refractivity contribution in [2.75, 3.05) is 6.61 Å². The maximum absolute atomic E-state index is 12.5. The minimum Gasteiger partial charge on any atom is -0.484 e. The summed E-state index contributed by atoms with van der Waals surface area (Å²) >= 11 is 6.16. The summed E-state index contributed by atoms with van der Waals surface area (Å²) < 4.78 is 39.8. The number of carbonyl (C=O) groups is 1. The molecule has 1 heterocycles. The van der Waals surface area contributed by atoms with Crippen molar-refractivity contribution in [1.82, 2.24) is 0 Å². The van der Waals surface area contributed by atoms with Crippen LogP contribution in [-0.2, 0) is 0 Å². The molecule has 0 saturated heterocycles. The van der Waals surface area contributed by atoms with Crippen LogP contribution in [0.2, 0.25) is 5.02 Å². The maximum atomic E-state index is 12.5. The van der Waals surface area contributed by atoms with Crippen molar-refractivity contribution in [3.63, 3.8) is 0 Å². The zero-order valence-corrected chi connectivity index (χ0v) is 14.8. The normalized spacial score (nSPS) is 11.0. The van der Waals surface area contributed by atoms with Gasteiger partial charge in [0.25, 0.3) is 0 Å². The van der Waals surface area contributed by atoms with Crippen LogP contribution in [0.3, 0.4) is 0 Å². The number of para-hydroxylation sites is 1. The largest absolute Gasteiger partial charge is 0.484 e. The summed E-state index contributed by atoms with van der Waals surface area (Å²) in [6, 6.07) is 9.91. The highest BCUT2D eigenvalue weighted by molar-refractivity contribution is 6.32. The molecule has 3 rings (SSSR count). The fourth-order valence-electron chi connectivity index (χ4n) is 2.55. The highest BCUT2D eigenvalue weighted by Crippen LogP contribution is 2.31. The van der Waals surface area contributed by atoms with Crippen LogP contribution in [0.5, 0.6) is 11.5 Å². The number of hydrogen-bond donors (Lipinski definition) is 0. The number of halogens is 3. The molecule has 8 heteroatoms. The summed E-state index contributed by atoms with van der Waals surface area (Å²) in [5.41, 5.74) is 0.372. The number of carbonyl (C=O) groups excluding carboxylic acids is 1. The Labute approximate surface area is 157 Å². The molecule has 0 aliphatic rings. The van der Waals surface area contributed by atoms with Gasteiger partial charge in [0.15, 0.2) is 6.61 Å². The molecule has 0 atom stereocenters. The van der Waals surface area contributed by atoms with E-state index in [-0.39, 0.29) is 27.7 Å². The Morgan fingerprint density at radius 2 is 1.93 bits per heavy atom. The lowest BCUT2D eigenvalue weighted by molar-refractivity contribution is -0.0501. The van der Waals surface area contributed by atoms with E-state index in [4.69, 9.17) is 20.8 Å². The minimum atomic E-state index is -3.05. The number of benzene rings is 2. The number of aryl methyl sites for hydroxylation is 1. The van der Waals surface area contributed by atoms with E-state index in [1.165, 1.54) is 36.4 Å². The average molecular weight is 395 g/mol. The lowest BCUT2D eigenvalue weighted by Crippen LogP contribution is -2.14. The SMILES string of the molecule is Cc1cc(=O)oc2cc(OCC(=O)c3ccccc3OC(F)F)c(Cl)cc12. The predicted octanol–water partition coefficient (Wildman–Crippen LogP) is 4.62. The smallest absolute Gasteiger partial charge is 0.387 e. The third kappa shape index (κ3) is 4.25. The number of Topliss-reactive ketones (excluding diaryl/α,β-unsaturated/α-hetero) is 1. The summed E-state index contributed by atoms with van der Waals surface area (Å²) in [5.74, 6) is -0.695. The fraction of sp³-hybridized carbons (Fsp3) is 0.158. The zero-order valence-electron chi connectivity index (χ0n) is 14.0. The van der Waals surface area contributed by atoms with Crippen LogP contribution in [0.15, 0.2) is 51.7 Å². The van der Waals surface area contributed by atoms with Gasteiger partial charge in [0.1, 0.15) is 17.1 Å². The van der Waals surface area contributed by atoms with Gasteiger partial charge in [-0.15, -0.1) is 0 Å². The second-order valence-electron chi connectivity index (χ2n) is 5.61.